The van der Waals surface area contributed by atoms with Gasteiger partial charge in [-0.05, 0) is 123 Å². The van der Waals surface area contributed by atoms with E-state index in [1.807, 2.05) is 31.2 Å². The van der Waals surface area contributed by atoms with Crippen LogP contribution in [-0.2, 0) is 40.5 Å². The van der Waals surface area contributed by atoms with Gasteiger partial charge < -0.3 is 35.5 Å². The second kappa shape index (κ2) is 20.9. The number of nitrogens with zero attached hydrogens (tertiary/aromatic N) is 6. The van der Waals surface area contributed by atoms with Crippen molar-refractivity contribution in [2.75, 3.05) is 68.2 Å². The molecule has 2 amide bonds. The number of imidazole rings is 1. The van der Waals surface area contributed by atoms with Crippen molar-refractivity contribution >= 4 is 91.0 Å². The molecule has 1 unspecified atom stereocenters. The van der Waals surface area contributed by atoms with Crippen LogP contribution in [0.1, 0.15) is 69.3 Å². The summed E-state index contributed by atoms with van der Waals surface area (Å²) in [4.78, 5) is 54.4. The zero-order valence-corrected chi connectivity index (χ0v) is 42.0. The van der Waals surface area contributed by atoms with Crippen LogP contribution in [0.3, 0.4) is 0 Å². The number of halogens is 2. The highest BCUT2D eigenvalue weighted by molar-refractivity contribution is 9.10. The Balaban J connectivity index is 0.875. The lowest BCUT2D eigenvalue weighted by Crippen LogP contribution is -2.44. The number of carbonyl (C=O) groups excluding carboxylic acids is 2. The Morgan fingerprint density at radius 1 is 0.926 bits per heavy atom. The lowest BCUT2D eigenvalue weighted by molar-refractivity contribution is -0.135. The predicted molar refractivity (Wildman–Crippen MR) is 272 cm³/mol. The van der Waals surface area contributed by atoms with Gasteiger partial charge in [0.2, 0.25) is 17.8 Å². The van der Waals surface area contributed by atoms with E-state index >= 15 is 4.39 Å². The molecule has 5 heterocycles. The summed E-state index contributed by atoms with van der Waals surface area (Å²) < 4.78 is 38.6. The van der Waals surface area contributed by atoms with Crippen molar-refractivity contribution in [3.63, 3.8) is 0 Å². The molecule has 2 saturated heterocycles. The number of pyridine rings is 1. The number of aryl methyl sites for hydroxylation is 3. The smallest absolute Gasteiger partial charge is 0.329 e. The molecule has 0 radical (unpaired) electrons. The Morgan fingerprint density at radius 2 is 1.72 bits per heavy atom. The van der Waals surface area contributed by atoms with Crippen LogP contribution < -0.4 is 47.2 Å². The Morgan fingerprint density at radius 3 is 2.44 bits per heavy atom. The maximum absolute atomic E-state index is 15.3. The monoisotopic (exact) mass is 1010 g/mol. The quantitative estimate of drug-likeness (QED) is 0.0331. The summed E-state index contributed by atoms with van der Waals surface area (Å²) in [5.74, 6) is 0.303. The van der Waals surface area contributed by atoms with Crippen LogP contribution in [0.2, 0.25) is 0 Å². The second-order valence-electron chi connectivity index (χ2n) is 17.7. The fourth-order valence-electron chi connectivity index (χ4n) is 9.46. The number of ether oxygens (including phenoxy) is 1. The maximum atomic E-state index is 15.3. The van der Waals surface area contributed by atoms with E-state index < -0.39 is 30.6 Å². The van der Waals surface area contributed by atoms with E-state index in [2.05, 4.69) is 78.4 Å². The fraction of sp³-hybridized carbons (Fsp3) is 0.429. The SMILES string of the molecule is CCOc1cc(N2CCC(NCCNCCc3c(F)ccc4c3n(C)c(=O)n4C3CCC(=O)NC3=O)CC2)c(CC)cc1Nc1ncc(Br)c(Nc2ccc3nc(CC)ccc3c2P(C)(C)=O)n1. The topological polar surface area (TPSA) is 189 Å². The minimum Gasteiger partial charge on any atom is -0.492 e. The molecule has 6 aromatic rings. The molecule has 2 aliphatic rings. The number of benzene rings is 3. The van der Waals surface area contributed by atoms with Crippen molar-refractivity contribution < 1.29 is 23.3 Å². The third kappa shape index (κ3) is 10.3. The lowest BCUT2D eigenvalue weighted by atomic mass is 10.0. The lowest BCUT2D eigenvalue weighted by Gasteiger charge is -2.35. The van der Waals surface area contributed by atoms with Gasteiger partial charge in [0.15, 0.2) is 0 Å². The fourth-order valence-corrected chi connectivity index (χ4v) is 11.2. The standard InChI is InChI=1S/C49H60BrFN11O5P/c1-7-29-26-38(57-48-54-28-34(50)46(59-48)56-37-14-13-36-33(45(37)68(5,6)66)11-10-30(8-2)55-36)42(67-9-3)27-41(29)61-24-19-31(20-25-61)53-23-22-52-21-18-32-35(51)12-15-39-44(32)60(4)49(65)62(39)40-16-17-43(63)58-47(40)64/h10-15,26-28,31,40,52-53H,7-9,16-25H2,1-6H3,(H,58,63,64)(H2,54,56,57,59). The van der Waals surface area contributed by atoms with Crippen molar-refractivity contribution in [3.8, 4) is 5.75 Å². The molecule has 3 aromatic heterocycles. The highest BCUT2D eigenvalue weighted by Crippen LogP contribution is 2.42. The summed E-state index contributed by atoms with van der Waals surface area (Å²) >= 11 is 3.62. The van der Waals surface area contributed by atoms with E-state index in [9.17, 15) is 18.9 Å². The highest BCUT2D eigenvalue weighted by Gasteiger charge is 2.32. The molecule has 0 bridgehead atoms. The van der Waals surface area contributed by atoms with Crippen molar-refractivity contribution in [1.29, 1.82) is 0 Å². The third-order valence-corrected chi connectivity index (χ3v) is 15.0. The minimum atomic E-state index is -2.75. The number of fused-ring (bicyclic) bond motifs is 2. The molecule has 0 aliphatic carbocycles. The first-order valence-corrected chi connectivity index (χ1v) is 26.8. The van der Waals surface area contributed by atoms with Gasteiger partial charge in [0.05, 0.1) is 39.0 Å². The Kier molecular flexibility index (Phi) is 15.0. The van der Waals surface area contributed by atoms with E-state index in [1.165, 1.54) is 26.8 Å². The van der Waals surface area contributed by atoms with Crippen molar-refractivity contribution in [3.05, 3.63) is 92.3 Å². The van der Waals surface area contributed by atoms with Crippen LogP contribution in [-0.4, -0.2) is 94.6 Å². The summed E-state index contributed by atoms with van der Waals surface area (Å²) in [5.41, 5.74) is 6.48. The van der Waals surface area contributed by atoms with Crippen LogP contribution in [0.25, 0.3) is 21.9 Å². The Bertz CT molecular complexity index is 2980. The maximum Gasteiger partial charge on any atom is 0.329 e. The summed E-state index contributed by atoms with van der Waals surface area (Å²) in [6.07, 6.45) is 5.94. The van der Waals surface area contributed by atoms with E-state index in [0.717, 1.165) is 78.6 Å². The van der Waals surface area contributed by atoms with E-state index in [-0.39, 0.29) is 18.7 Å². The molecule has 360 valence electrons. The largest absolute Gasteiger partial charge is 0.492 e. The van der Waals surface area contributed by atoms with Crippen LogP contribution in [0.4, 0.5) is 33.2 Å². The summed E-state index contributed by atoms with van der Waals surface area (Å²) in [6.45, 7) is 13.9. The molecular formula is C49H60BrFN11O5P. The number of anilines is 5. The first kappa shape index (κ1) is 48.8. The van der Waals surface area contributed by atoms with Crippen LogP contribution >= 0.6 is 23.1 Å². The van der Waals surface area contributed by atoms with Crippen LogP contribution in [0.15, 0.2) is 64.0 Å². The molecule has 0 saturated carbocycles. The number of rotatable bonds is 18. The van der Waals surface area contributed by atoms with Gasteiger partial charge in [-0.3, -0.25) is 29.0 Å². The molecule has 3 aromatic carbocycles. The third-order valence-electron chi connectivity index (χ3n) is 12.8. The molecule has 8 rings (SSSR count). The number of nitrogens with one attached hydrogen (secondary N) is 5. The van der Waals surface area contributed by atoms with Crippen molar-refractivity contribution in [2.45, 2.75) is 77.8 Å². The molecule has 0 spiro atoms. The summed E-state index contributed by atoms with van der Waals surface area (Å²) in [5, 5.41) is 17.9. The van der Waals surface area contributed by atoms with E-state index in [0.29, 0.717) is 76.4 Å². The zero-order chi connectivity index (χ0) is 48.3. The van der Waals surface area contributed by atoms with Crippen LogP contribution in [0.5, 0.6) is 5.75 Å². The number of carbonyl (C=O) groups is 2. The van der Waals surface area contributed by atoms with Gasteiger partial charge in [0, 0.05) is 85.6 Å². The molecular weight excluding hydrogens is 952 g/mol. The number of hydrogen-bond donors (Lipinski definition) is 5. The van der Waals surface area contributed by atoms with E-state index in [4.69, 9.17) is 14.7 Å². The molecule has 68 heavy (non-hydrogen) atoms. The number of imide groups is 1. The summed E-state index contributed by atoms with van der Waals surface area (Å²) in [7, 11) is -1.17. The van der Waals surface area contributed by atoms with Gasteiger partial charge in [-0.15, -0.1) is 0 Å². The first-order valence-electron chi connectivity index (χ1n) is 23.4. The number of aromatic nitrogens is 5. The molecule has 1 atom stereocenters. The average Bonchev–Trinajstić information content (AvgIpc) is 3.57. The Hall–Kier alpha value is -5.68. The average molecular weight is 1010 g/mol. The van der Waals surface area contributed by atoms with Gasteiger partial charge in [0.25, 0.3) is 0 Å². The van der Waals surface area contributed by atoms with Gasteiger partial charge >= 0.3 is 5.69 Å². The molecule has 5 N–H and O–H groups in total. The summed E-state index contributed by atoms with van der Waals surface area (Å²) in [6, 6.07) is 14.5. The van der Waals surface area contributed by atoms with Crippen LogP contribution in [0, 0.1) is 5.82 Å². The van der Waals surface area contributed by atoms with Gasteiger partial charge in [0.1, 0.15) is 30.6 Å². The van der Waals surface area contributed by atoms with Crippen molar-refractivity contribution in [2.24, 2.45) is 7.05 Å². The molecule has 19 heteroatoms. The van der Waals surface area contributed by atoms with E-state index in [1.54, 1.807) is 26.6 Å². The number of piperidine rings is 2. The van der Waals surface area contributed by atoms with Gasteiger partial charge in [-0.25, -0.2) is 14.2 Å². The normalized spacial score (nSPS) is 15.9. The second-order valence-corrected chi connectivity index (χ2v) is 21.7. The van der Waals surface area contributed by atoms with Gasteiger partial charge in [-0.2, -0.15) is 4.98 Å². The molecule has 2 fully saturated rings. The predicted octanol–water partition coefficient (Wildman–Crippen LogP) is 7.21. The Labute approximate surface area is 403 Å². The highest BCUT2D eigenvalue weighted by atomic mass is 79.9. The molecule has 2 aliphatic heterocycles. The first-order chi connectivity index (χ1) is 32.7. The number of hydrogen-bond acceptors (Lipinski definition) is 13. The number of amides is 2. The molecule has 16 nitrogen and oxygen atoms in total. The van der Waals surface area contributed by atoms with Gasteiger partial charge in [-0.1, -0.05) is 19.9 Å². The minimum absolute atomic E-state index is 0.136. The zero-order valence-electron chi connectivity index (χ0n) is 39.5. The van der Waals surface area contributed by atoms with Crippen molar-refractivity contribution in [1.82, 2.24) is 40.0 Å².